The van der Waals surface area contributed by atoms with Crippen LogP contribution in [-0.4, -0.2) is 13.5 Å². The Labute approximate surface area is 153 Å². The number of hydrogen-bond donors (Lipinski definition) is 2. The van der Waals surface area contributed by atoms with Gasteiger partial charge >= 0.3 is 0 Å². The molecular formula is C16H14ClNO3S3. The number of rotatable bonds is 6. The van der Waals surface area contributed by atoms with Crippen molar-refractivity contribution in [2.45, 2.75) is 16.9 Å². The number of halogens is 1. The lowest BCUT2D eigenvalue weighted by Crippen LogP contribution is -2.21. The second-order valence-corrected chi connectivity index (χ2v) is 9.91. The van der Waals surface area contributed by atoms with Crippen LogP contribution in [0.2, 0.25) is 4.34 Å². The molecular weight excluding hydrogens is 386 g/mol. The van der Waals surface area contributed by atoms with Crippen molar-refractivity contribution in [1.29, 1.82) is 0 Å². The third kappa shape index (κ3) is 4.05. The predicted molar refractivity (Wildman–Crippen MR) is 98.2 cm³/mol. The third-order valence-electron chi connectivity index (χ3n) is 3.32. The first-order valence-corrected chi connectivity index (χ1v) is 10.5. The van der Waals surface area contributed by atoms with Gasteiger partial charge in [0.15, 0.2) is 0 Å². The smallest absolute Gasteiger partial charge is 0.250 e. The van der Waals surface area contributed by atoms with Crippen LogP contribution in [-0.2, 0) is 16.6 Å². The second kappa shape index (κ2) is 7.35. The highest BCUT2D eigenvalue weighted by Crippen LogP contribution is 2.29. The molecule has 3 rings (SSSR count). The van der Waals surface area contributed by atoms with Crippen LogP contribution in [0.4, 0.5) is 0 Å². The van der Waals surface area contributed by atoms with Crippen LogP contribution in [0.25, 0.3) is 0 Å². The maximum atomic E-state index is 12.2. The highest BCUT2D eigenvalue weighted by Gasteiger charge is 2.18. The molecule has 0 aliphatic heterocycles. The minimum absolute atomic E-state index is 0.171. The van der Waals surface area contributed by atoms with Crippen molar-refractivity contribution in [2.24, 2.45) is 0 Å². The Hall–Kier alpha value is -1.22. The van der Waals surface area contributed by atoms with E-state index in [1.807, 2.05) is 42.5 Å². The average molecular weight is 400 g/mol. The molecule has 4 nitrogen and oxygen atoms in total. The first-order valence-electron chi connectivity index (χ1n) is 7.02. The highest BCUT2D eigenvalue weighted by molar-refractivity contribution is 7.91. The zero-order valence-electron chi connectivity index (χ0n) is 12.3. The molecule has 126 valence electrons. The summed E-state index contributed by atoms with van der Waals surface area (Å²) in [6.45, 7) is 0.171. The summed E-state index contributed by atoms with van der Waals surface area (Å²) in [5.74, 6) is 0. The molecule has 1 atom stereocenters. The Morgan fingerprint density at radius 3 is 2.46 bits per heavy atom. The van der Waals surface area contributed by atoms with Gasteiger partial charge in [-0.1, -0.05) is 41.9 Å². The van der Waals surface area contributed by atoms with Gasteiger partial charge in [0, 0.05) is 16.3 Å². The number of aliphatic hydroxyl groups is 1. The van der Waals surface area contributed by atoms with E-state index in [4.69, 9.17) is 11.6 Å². The molecule has 0 radical (unpaired) electrons. The Morgan fingerprint density at radius 1 is 1.04 bits per heavy atom. The summed E-state index contributed by atoms with van der Waals surface area (Å²) in [5, 5.41) is 10.4. The highest BCUT2D eigenvalue weighted by atomic mass is 35.5. The normalized spacial score (nSPS) is 13.1. The number of nitrogens with one attached hydrogen (secondary N) is 1. The van der Waals surface area contributed by atoms with Crippen LogP contribution in [0.3, 0.4) is 0 Å². The third-order valence-corrected chi connectivity index (χ3v) is 7.58. The Morgan fingerprint density at radius 2 is 1.79 bits per heavy atom. The van der Waals surface area contributed by atoms with Crippen molar-refractivity contribution < 1.29 is 13.5 Å². The van der Waals surface area contributed by atoms with Crippen molar-refractivity contribution in [3.63, 3.8) is 0 Å². The van der Waals surface area contributed by atoms with E-state index in [-0.39, 0.29) is 10.8 Å². The maximum Gasteiger partial charge on any atom is 0.250 e. The van der Waals surface area contributed by atoms with Crippen LogP contribution in [0.15, 0.2) is 58.8 Å². The molecule has 0 bridgehead atoms. The lowest BCUT2D eigenvalue weighted by atomic mass is 10.1. The first-order chi connectivity index (χ1) is 11.5. The van der Waals surface area contributed by atoms with Gasteiger partial charge in [-0.05, 0) is 29.8 Å². The minimum Gasteiger partial charge on any atom is -0.383 e. The van der Waals surface area contributed by atoms with E-state index >= 15 is 0 Å². The SMILES string of the molecule is O=S(=O)(NCc1ccc(C(O)c2ccccc2)s1)c1ccc(Cl)s1. The molecule has 2 N–H and O–H groups in total. The van der Waals surface area contributed by atoms with Gasteiger partial charge < -0.3 is 5.11 Å². The molecule has 0 saturated carbocycles. The number of thiophene rings is 2. The summed E-state index contributed by atoms with van der Waals surface area (Å²) in [6, 6.07) is 16.0. The van der Waals surface area contributed by atoms with E-state index in [0.717, 1.165) is 26.7 Å². The summed E-state index contributed by atoms with van der Waals surface area (Å²) >= 11 is 8.17. The molecule has 3 aromatic rings. The van der Waals surface area contributed by atoms with Gasteiger partial charge in [-0.25, -0.2) is 13.1 Å². The molecule has 0 amide bonds. The van der Waals surface area contributed by atoms with Gasteiger partial charge in [-0.15, -0.1) is 22.7 Å². The molecule has 8 heteroatoms. The van der Waals surface area contributed by atoms with E-state index < -0.39 is 16.1 Å². The quantitative estimate of drug-likeness (QED) is 0.657. The molecule has 0 saturated heterocycles. The van der Waals surface area contributed by atoms with E-state index in [9.17, 15) is 13.5 Å². The molecule has 0 spiro atoms. The van der Waals surface area contributed by atoms with Crippen LogP contribution < -0.4 is 4.72 Å². The Kier molecular flexibility index (Phi) is 5.39. The van der Waals surface area contributed by atoms with E-state index in [1.54, 1.807) is 6.07 Å². The van der Waals surface area contributed by atoms with Crippen LogP contribution in [0, 0.1) is 0 Å². The fourth-order valence-electron chi connectivity index (χ4n) is 2.12. The number of sulfonamides is 1. The van der Waals surface area contributed by atoms with Crippen LogP contribution in [0.1, 0.15) is 21.4 Å². The van der Waals surface area contributed by atoms with E-state index in [2.05, 4.69) is 4.72 Å². The maximum absolute atomic E-state index is 12.2. The molecule has 0 aliphatic rings. The molecule has 2 aromatic heterocycles. The zero-order valence-corrected chi connectivity index (χ0v) is 15.6. The first kappa shape index (κ1) is 17.6. The van der Waals surface area contributed by atoms with Gasteiger partial charge in [0.2, 0.25) is 10.0 Å². The monoisotopic (exact) mass is 399 g/mol. The lowest BCUT2D eigenvalue weighted by Gasteiger charge is -2.08. The van der Waals surface area contributed by atoms with Crippen LogP contribution in [0.5, 0.6) is 0 Å². The topological polar surface area (TPSA) is 66.4 Å². The van der Waals surface area contributed by atoms with Crippen molar-refractivity contribution in [3.8, 4) is 0 Å². The fraction of sp³-hybridized carbons (Fsp3) is 0.125. The van der Waals surface area contributed by atoms with Crippen molar-refractivity contribution in [2.75, 3.05) is 0 Å². The van der Waals surface area contributed by atoms with Crippen molar-refractivity contribution in [1.82, 2.24) is 4.72 Å². The van der Waals surface area contributed by atoms with Gasteiger partial charge in [-0.3, -0.25) is 0 Å². The summed E-state index contributed by atoms with van der Waals surface area (Å²) in [5.41, 5.74) is 0.805. The van der Waals surface area contributed by atoms with Crippen molar-refractivity contribution in [3.05, 3.63) is 74.3 Å². The second-order valence-electron chi connectivity index (χ2n) is 5.00. The van der Waals surface area contributed by atoms with Gasteiger partial charge in [-0.2, -0.15) is 0 Å². The fourth-order valence-corrected chi connectivity index (χ4v) is 5.71. The van der Waals surface area contributed by atoms with Gasteiger partial charge in [0.1, 0.15) is 10.3 Å². The molecule has 1 unspecified atom stereocenters. The summed E-state index contributed by atoms with van der Waals surface area (Å²) in [4.78, 5) is 1.60. The van der Waals surface area contributed by atoms with Crippen molar-refractivity contribution >= 4 is 44.3 Å². The molecule has 2 heterocycles. The lowest BCUT2D eigenvalue weighted by molar-refractivity contribution is 0.224. The standard InChI is InChI=1S/C16H14ClNO3S3/c17-14-8-9-15(23-14)24(20,21)18-10-12-6-7-13(22-12)16(19)11-4-2-1-3-5-11/h1-9,16,18-19H,10H2. The van der Waals surface area contributed by atoms with E-state index in [0.29, 0.717) is 4.34 Å². The Balaban J connectivity index is 1.68. The number of aliphatic hydroxyl groups excluding tert-OH is 1. The van der Waals surface area contributed by atoms with Gasteiger partial charge in [0.05, 0.1) is 4.34 Å². The Bertz CT molecular complexity index is 919. The summed E-state index contributed by atoms with van der Waals surface area (Å²) < 4.78 is 27.5. The number of hydrogen-bond acceptors (Lipinski definition) is 5. The van der Waals surface area contributed by atoms with Crippen LogP contribution >= 0.6 is 34.3 Å². The predicted octanol–water partition coefficient (Wildman–Crippen LogP) is 4.02. The largest absolute Gasteiger partial charge is 0.383 e. The average Bonchev–Trinajstić information content (AvgIpc) is 3.22. The molecule has 24 heavy (non-hydrogen) atoms. The number of benzene rings is 1. The van der Waals surface area contributed by atoms with Gasteiger partial charge in [0.25, 0.3) is 0 Å². The summed E-state index contributed by atoms with van der Waals surface area (Å²) in [7, 11) is -3.57. The summed E-state index contributed by atoms with van der Waals surface area (Å²) in [6.07, 6.45) is -0.711. The minimum atomic E-state index is -3.57. The molecule has 0 aliphatic carbocycles. The zero-order chi connectivity index (χ0) is 17.2. The molecule has 0 fully saturated rings. The molecule has 1 aromatic carbocycles. The van der Waals surface area contributed by atoms with E-state index in [1.165, 1.54) is 17.4 Å².